The molecule has 5 heteroatoms. The highest BCUT2D eigenvalue weighted by Crippen LogP contribution is 2.37. The smallest absolute Gasteiger partial charge is 0.256 e. The van der Waals surface area contributed by atoms with Crippen molar-refractivity contribution in [3.8, 4) is 0 Å². The molecule has 0 radical (unpaired) electrons. The van der Waals surface area contributed by atoms with E-state index in [2.05, 4.69) is 5.32 Å². The number of nitrogens with zero attached hydrogens (tertiary/aromatic N) is 1. The molecule has 2 heterocycles. The van der Waals surface area contributed by atoms with Crippen LogP contribution < -0.4 is 5.32 Å². The Bertz CT molecular complexity index is 519. The minimum atomic E-state index is -0.414. The van der Waals surface area contributed by atoms with Gasteiger partial charge in [-0.2, -0.15) is 0 Å². The fraction of sp³-hybridized carbons (Fsp3) is 0.562. The first kappa shape index (κ1) is 16.2. The number of halogens is 2. The average Bonchev–Trinajstić information content (AvgIpc) is 2.90. The first-order chi connectivity index (χ1) is 9.60. The number of hydrogen-bond donors (Lipinski definition) is 1. The summed E-state index contributed by atoms with van der Waals surface area (Å²) in [5.74, 6) is -0.574. The molecule has 2 saturated heterocycles. The average molecular weight is 313 g/mol. The van der Waals surface area contributed by atoms with Gasteiger partial charge < -0.3 is 10.2 Å². The number of rotatable bonds is 1. The highest BCUT2D eigenvalue weighted by atomic mass is 35.5. The van der Waals surface area contributed by atoms with Crippen LogP contribution in [0.1, 0.15) is 35.2 Å². The standard InChI is InChI=1S/C16H21FN2O.ClH/c1-12-2-3-14(17)13(10-12)15(20)19-8-5-16(6-9-19)4-7-18-11-16;/h2-3,10,18H,4-9,11H2,1H3;1H. The molecule has 2 aliphatic heterocycles. The van der Waals surface area contributed by atoms with Crippen LogP contribution in [0.2, 0.25) is 0 Å². The summed E-state index contributed by atoms with van der Waals surface area (Å²) in [5, 5.41) is 3.41. The highest BCUT2D eigenvalue weighted by Gasteiger charge is 2.38. The van der Waals surface area contributed by atoms with Crippen molar-refractivity contribution >= 4 is 18.3 Å². The lowest BCUT2D eigenvalue weighted by atomic mass is 9.78. The zero-order chi connectivity index (χ0) is 14.2. The summed E-state index contributed by atoms with van der Waals surface area (Å²) in [7, 11) is 0. The second-order valence-corrected chi connectivity index (χ2v) is 6.20. The Kier molecular flexibility index (Phi) is 4.89. The van der Waals surface area contributed by atoms with Gasteiger partial charge in [0.15, 0.2) is 0 Å². The summed E-state index contributed by atoms with van der Waals surface area (Å²) in [5.41, 5.74) is 1.51. The summed E-state index contributed by atoms with van der Waals surface area (Å²) in [6.45, 7) is 5.52. The van der Waals surface area contributed by atoms with E-state index in [0.717, 1.165) is 44.6 Å². The van der Waals surface area contributed by atoms with Gasteiger partial charge in [0.2, 0.25) is 0 Å². The fourth-order valence-electron chi connectivity index (χ4n) is 3.38. The number of amides is 1. The van der Waals surface area contributed by atoms with E-state index >= 15 is 0 Å². The lowest BCUT2D eigenvalue weighted by molar-refractivity contribution is 0.0603. The zero-order valence-corrected chi connectivity index (χ0v) is 13.1. The van der Waals surface area contributed by atoms with Crippen LogP contribution in [0.5, 0.6) is 0 Å². The van der Waals surface area contributed by atoms with Gasteiger partial charge in [0.1, 0.15) is 5.82 Å². The summed E-state index contributed by atoms with van der Waals surface area (Å²) in [4.78, 5) is 14.3. The summed E-state index contributed by atoms with van der Waals surface area (Å²) < 4.78 is 13.8. The molecule has 21 heavy (non-hydrogen) atoms. The molecule has 0 atom stereocenters. The molecule has 116 valence electrons. The second kappa shape index (κ2) is 6.32. The summed E-state index contributed by atoms with van der Waals surface area (Å²) in [6.07, 6.45) is 3.26. The molecule has 1 aromatic rings. The van der Waals surface area contributed by atoms with Gasteiger partial charge in [-0.25, -0.2) is 4.39 Å². The Morgan fingerprint density at radius 2 is 2.00 bits per heavy atom. The monoisotopic (exact) mass is 312 g/mol. The van der Waals surface area contributed by atoms with Crippen LogP contribution in [0.3, 0.4) is 0 Å². The molecule has 0 aromatic heterocycles. The Balaban J connectivity index is 0.00000161. The van der Waals surface area contributed by atoms with Crippen LogP contribution in [-0.4, -0.2) is 37.0 Å². The van der Waals surface area contributed by atoms with Crippen molar-refractivity contribution in [1.29, 1.82) is 0 Å². The van der Waals surface area contributed by atoms with Crippen molar-refractivity contribution in [1.82, 2.24) is 10.2 Å². The molecule has 0 unspecified atom stereocenters. The van der Waals surface area contributed by atoms with Gasteiger partial charge in [-0.15, -0.1) is 12.4 Å². The van der Waals surface area contributed by atoms with E-state index in [1.165, 1.54) is 12.5 Å². The third-order valence-corrected chi connectivity index (χ3v) is 4.80. The predicted molar refractivity (Wildman–Crippen MR) is 83.4 cm³/mol. The topological polar surface area (TPSA) is 32.3 Å². The molecule has 1 aromatic carbocycles. The molecule has 0 aliphatic carbocycles. The summed E-state index contributed by atoms with van der Waals surface area (Å²) >= 11 is 0. The maximum atomic E-state index is 13.8. The molecule has 1 spiro atoms. The van der Waals surface area contributed by atoms with Gasteiger partial charge in [-0.3, -0.25) is 4.79 Å². The van der Waals surface area contributed by atoms with Gasteiger partial charge >= 0.3 is 0 Å². The molecule has 1 N–H and O–H groups in total. The number of benzene rings is 1. The number of hydrogen-bond acceptors (Lipinski definition) is 2. The fourth-order valence-corrected chi connectivity index (χ4v) is 3.38. The first-order valence-corrected chi connectivity index (χ1v) is 7.36. The SMILES string of the molecule is Cc1ccc(F)c(C(=O)N2CCC3(CCNC3)CC2)c1.Cl. The third kappa shape index (κ3) is 3.22. The summed E-state index contributed by atoms with van der Waals surface area (Å²) in [6, 6.07) is 4.73. The van der Waals surface area contributed by atoms with Gasteiger partial charge in [0, 0.05) is 19.6 Å². The molecular formula is C16H22ClFN2O. The Morgan fingerprint density at radius 1 is 1.29 bits per heavy atom. The van der Waals surface area contributed by atoms with Crippen LogP contribution in [0.4, 0.5) is 4.39 Å². The van der Waals surface area contributed by atoms with E-state index in [0.29, 0.717) is 5.41 Å². The Morgan fingerprint density at radius 3 is 2.62 bits per heavy atom. The number of carbonyl (C=O) groups excluding carboxylic acids is 1. The van der Waals surface area contributed by atoms with E-state index in [-0.39, 0.29) is 23.9 Å². The van der Waals surface area contributed by atoms with Crippen molar-refractivity contribution < 1.29 is 9.18 Å². The minimum absolute atomic E-state index is 0. The minimum Gasteiger partial charge on any atom is -0.339 e. The molecule has 0 saturated carbocycles. The molecule has 2 aliphatic rings. The van der Waals surface area contributed by atoms with E-state index < -0.39 is 5.82 Å². The van der Waals surface area contributed by atoms with E-state index in [1.54, 1.807) is 17.0 Å². The quantitative estimate of drug-likeness (QED) is 0.865. The van der Waals surface area contributed by atoms with Gasteiger partial charge in [0.25, 0.3) is 5.91 Å². The third-order valence-electron chi connectivity index (χ3n) is 4.80. The van der Waals surface area contributed by atoms with Gasteiger partial charge in [-0.1, -0.05) is 11.6 Å². The van der Waals surface area contributed by atoms with Gasteiger partial charge in [0.05, 0.1) is 5.56 Å². The maximum absolute atomic E-state index is 13.8. The molecule has 0 bridgehead atoms. The van der Waals surface area contributed by atoms with Crippen molar-refractivity contribution in [2.75, 3.05) is 26.2 Å². The van der Waals surface area contributed by atoms with Crippen molar-refractivity contribution in [3.63, 3.8) is 0 Å². The van der Waals surface area contributed by atoms with Crippen molar-refractivity contribution in [2.45, 2.75) is 26.2 Å². The van der Waals surface area contributed by atoms with Crippen LogP contribution in [0.15, 0.2) is 18.2 Å². The molecule has 1 amide bonds. The van der Waals surface area contributed by atoms with E-state index in [1.807, 2.05) is 6.92 Å². The molecular weight excluding hydrogens is 291 g/mol. The van der Waals surface area contributed by atoms with Gasteiger partial charge in [-0.05, 0) is 50.3 Å². The maximum Gasteiger partial charge on any atom is 0.256 e. The zero-order valence-electron chi connectivity index (χ0n) is 12.3. The molecule has 3 rings (SSSR count). The normalized spacial score (nSPS) is 20.4. The predicted octanol–water partition coefficient (Wildman–Crippen LogP) is 2.77. The highest BCUT2D eigenvalue weighted by molar-refractivity contribution is 5.94. The number of aryl methyl sites for hydroxylation is 1. The van der Waals surface area contributed by atoms with Crippen LogP contribution >= 0.6 is 12.4 Å². The number of piperidine rings is 1. The largest absolute Gasteiger partial charge is 0.339 e. The first-order valence-electron chi connectivity index (χ1n) is 7.36. The van der Waals surface area contributed by atoms with E-state index in [9.17, 15) is 9.18 Å². The van der Waals surface area contributed by atoms with Crippen molar-refractivity contribution in [3.05, 3.63) is 35.1 Å². The van der Waals surface area contributed by atoms with Crippen molar-refractivity contribution in [2.24, 2.45) is 5.41 Å². The van der Waals surface area contributed by atoms with Crippen LogP contribution in [0.25, 0.3) is 0 Å². The molecule has 3 nitrogen and oxygen atoms in total. The number of nitrogens with one attached hydrogen (secondary N) is 1. The second-order valence-electron chi connectivity index (χ2n) is 6.20. The Hall–Kier alpha value is -1.13. The lowest BCUT2D eigenvalue weighted by Crippen LogP contribution is -2.44. The number of carbonyl (C=O) groups is 1. The van der Waals surface area contributed by atoms with Crippen LogP contribution in [-0.2, 0) is 0 Å². The van der Waals surface area contributed by atoms with E-state index in [4.69, 9.17) is 0 Å². The molecule has 2 fully saturated rings. The lowest BCUT2D eigenvalue weighted by Gasteiger charge is -2.39. The number of likely N-dealkylation sites (tertiary alicyclic amines) is 1. The van der Waals surface area contributed by atoms with Crippen LogP contribution in [0, 0.1) is 18.2 Å². The Labute approximate surface area is 131 Å².